The summed E-state index contributed by atoms with van der Waals surface area (Å²) in [5, 5.41) is 0. The van der Waals surface area contributed by atoms with E-state index in [9.17, 15) is 14.4 Å². The van der Waals surface area contributed by atoms with Crippen LogP contribution in [0.3, 0.4) is 0 Å². The number of anilines is 2. The first-order valence-corrected chi connectivity index (χ1v) is 8.53. The Morgan fingerprint density at radius 3 is 2.56 bits per heavy atom. The van der Waals surface area contributed by atoms with E-state index in [1.807, 2.05) is 36.1 Å². The normalized spacial score (nSPS) is 13.2. The van der Waals surface area contributed by atoms with Crippen molar-refractivity contribution in [3.8, 4) is 0 Å². The molecule has 0 radical (unpaired) electrons. The molecule has 0 fully saturated rings. The number of nitrogens with zero attached hydrogens (tertiary/aromatic N) is 5. The first-order valence-electron chi connectivity index (χ1n) is 8.53. The first kappa shape index (κ1) is 17.1. The number of aryl methyl sites for hydroxylation is 2. The van der Waals surface area contributed by atoms with E-state index >= 15 is 0 Å². The summed E-state index contributed by atoms with van der Waals surface area (Å²) in [6.45, 7) is 2.81. The second kappa shape index (κ2) is 6.11. The quantitative estimate of drug-likeness (QED) is 0.626. The number of methoxy groups -OCH3 is 1. The summed E-state index contributed by atoms with van der Waals surface area (Å²) in [6, 6.07) is 8.03. The molecule has 0 atom stereocenters. The number of rotatable bonds is 3. The number of carbonyl (C=O) groups is 1. The zero-order valence-electron chi connectivity index (χ0n) is 15.3. The highest BCUT2D eigenvalue weighted by Crippen LogP contribution is 2.31. The monoisotopic (exact) mass is 369 g/mol. The smallest absolute Gasteiger partial charge is 0.333 e. The van der Waals surface area contributed by atoms with Crippen molar-refractivity contribution in [1.82, 2.24) is 18.7 Å². The van der Waals surface area contributed by atoms with Crippen molar-refractivity contribution in [2.45, 2.75) is 20.0 Å². The van der Waals surface area contributed by atoms with Crippen LogP contribution < -0.4 is 16.1 Å². The molecule has 9 heteroatoms. The molecule has 3 aromatic rings. The molecule has 0 unspecified atom stereocenters. The topological polar surface area (TPSA) is 91.4 Å². The number of imidazole rings is 1. The molecule has 0 spiro atoms. The predicted octanol–water partition coefficient (Wildman–Crippen LogP) is 0.530. The van der Waals surface area contributed by atoms with Crippen LogP contribution in [0, 0.1) is 6.92 Å². The highest BCUT2D eigenvalue weighted by molar-refractivity contribution is 5.78. The molecule has 140 valence electrons. The molecular formula is C18H19N5O4. The Morgan fingerprint density at radius 1 is 1.19 bits per heavy atom. The van der Waals surface area contributed by atoms with E-state index in [0.717, 1.165) is 15.8 Å². The zero-order chi connectivity index (χ0) is 19.3. The number of carbonyl (C=O) groups excluding carboxylic acids is 1. The highest BCUT2D eigenvalue weighted by Gasteiger charge is 2.29. The molecular weight excluding hydrogens is 350 g/mol. The van der Waals surface area contributed by atoms with E-state index in [0.29, 0.717) is 30.2 Å². The van der Waals surface area contributed by atoms with Crippen LogP contribution in [0.25, 0.3) is 11.2 Å². The summed E-state index contributed by atoms with van der Waals surface area (Å²) < 4.78 is 8.57. The molecule has 2 aromatic heterocycles. The maximum Gasteiger partial charge on any atom is 0.333 e. The fraction of sp³-hybridized carbons (Fsp3) is 0.333. The van der Waals surface area contributed by atoms with Crippen LogP contribution in [0.15, 0.2) is 33.9 Å². The summed E-state index contributed by atoms with van der Waals surface area (Å²) in [5.41, 5.74) is 1.59. The van der Waals surface area contributed by atoms with E-state index in [1.54, 1.807) is 4.57 Å². The summed E-state index contributed by atoms with van der Waals surface area (Å²) in [5.74, 6) is -0.0484. The molecule has 1 aromatic carbocycles. The van der Waals surface area contributed by atoms with Gasteiger partial charge in [0, 0.05) is 25.8 Å². The van der Waals surface area contributed by atoms with Crippen molar-refractivity contribution in [3.05, 3.63) is 50.7 Å². The van der Waals surface area contributed by atoms with E-state index in [4.69, 9.17) is 0 Å². The Bertz CT molecular complexity index is 1170. The lowest BCUT2D eigenvalue weighted by Gasteiger charge is -2.16. The third-order valence-corrected chi connectivity index (χ3v) is 4.86. The minimum atomic E-state index is -0.656. The van der Waals surface area contributed by atoms with Crippen LogP contribution in [0.4, 0.5) is 11.6 Å². The van der Waals surface area contributed by atoms with Gasteiger partial charge in [-0.25, -0.2) is 9.36 Å². The van der Waals surface area contributed by atoms with Crippen LogP contribution in [-0.2, 0) is 29.7 Å². The van der Waals surface area contributed by atoms with Crippen LogP contribution in [0.2, 0.25) is 0 Å². The van der Waals surface area contributed by atoms with E-state index in [1.165, 1.54) is 18.7 Å². The molecule has 3 heterocycles. The number of benzene rings is 1. The summed E-state index contributed by atoms with van der Waals surface area (Å²) in [4.78, 5) is 43.6. The fourth-order valence-corrected chi connectivity index (χ4v) is 3.38. The van der Waals surface area contributed by atoms with E-state index in [-0.39, 0.29) is 0 Å². The van der Waals surface area contributed by atoms with E-state index in [2.05, 4.69) is 9.72 Å². The third kappa shape index (κ3) is 2.54. The molecule has 0 bridgehead atoms. The van der Waals surface area contributed by atoms with Gasteiger partial charge in [0.2, 0.25) is 5.95 Å². The lowest BCUT2D eigenvalue weighted by atomic mass is 10.2. The van der Waals surface area contributed by atoms with Gasteiger partial charge >= 0.3 is 11.7 Å². The Balaban J connectivity index is 1.92. The minimum Gasteiger partial charge on any atom is -0.468 e. The number of hydrogen-bond donors (Lipinski definition) is 0. The van der Waals surface area contributed by atoms with Gasteiger partial charge in [0.1, 0.15) is 6.54 Å². The lowest BCUT2D eigenvalue weighted by Crippen LogP contribution is -2.41. The van der Waals surface area contributed by atoms with Gasteiger partial charge in [0.25, 0.3) is 5.56 Å². The predicted molar refractivity (Wildman–Crippen MR) is 99.4 cm³/mol. The number of esters is 1. The Labute approximate surface area is 154 Å². The highest BCUT2D eigenvalue weighted by atomic mass is 16.5. The fourth-order valence-electron chi connectivity index (χ4n) is 3.38. The van der Waals surface area contributed by atoms with Gasteiger partial charge in [-0.1, -0.05) is 17.7 Å². The number of ether oxygens (including phenoxy) is 1. The minimum absolute atomic E-state index is 0.304. The standard InChI is InChI=1S/C18H19N5O4/c1-11-4-6-12(7-5-11)21-8-9-22-14-15(19-17(21)22)20(2)18(26)23(16(14)25)10-13(24)27-3/h4-7H,8-10H2,1-3H3. The van der Waals surface area contributed by atoms with Gasteiger partial charge < -0.3 is 14.2 Å². The van der Waals surface area contributed by atoms with Gasteiger partial charge in [0.15, 0.2) is 11.2 Å². The van der Waals surface area contributed by atoms with Crippen molar-refractivity contribution in [3.63, 3.8) is 0 Å². The number of fused-ring (bicyclic) bond motifs is 3. The molecule has 0 N–H and O–H groups in total. The van der Waals surface area contributed by atoms with Crippen LogP contribution in [0.1, 0.15) is 5.56 Å². The Kier molecular flexibility index (Phi) is 3.87. The zero-order valence-corrected chi connectivity index (χ0v) is 15.3. The van der Waals surface area contributed by atoms with Crippen molar-refractivity contribution in [2.24, 2.45) is 7.05 Å². The molecule has 0 amide bonds. The summed E-state index contributed by atoms with van der Waals surface area (Å²) in [7, 11) is 2.75. The van der Waals surface area contributed by atoms with E-state index < -0.39 is 23.8 Å². The van der Waals surface area contributed by atoms with Gasteiger partial charge in [-0.05, 0) is 19.1 Å². The molecule has 1 aliphatic heterocycles. The molecule has 0 aliphatic carbocycles. The molecule has 9 nitrogen and oxygen atoms in total. The van der Waals surface area contributed by atoms with Crippen LogP contribution >= 0.6 is 0 Å². The lowest BCUT2D eigenvalue weighted by molar-refractivity contribution is -0.141. The average Bonchev–Trinajstić information content (AvgIpc) is 3.23. The summed E-state index contributed by atoms with van der Waals surface area (Å²) in [6.07, 6.45) is 0. The van der Waals surface area contributed by atoms with Gasteiger partial charge in [-0.2, -0.15) is 4.98 Å². The third-order valence-electron chi connectivity index (χ3n) is 4.86. The first-order chi connectivity index (χ1) is 12.9. The second-order valence-corrected chi connectivity index (χ2v) is 6.53. The average molecular weight is 369 g/mol. The Hall–Kier alpha value is -3.36. The van der Waals surface area contributed by atoms with Gasteiger partial charge in [-0.3, -0.25) is 14.2 Å². The maximum atomic E-state index is 12.9. The molecule has 4 rings (SSSR count). The second-order valence-electron chi connectivity index (χ2n) is 6.53. The number of aromatic nitrogens is 4. The number of hydrogen-bond acceptors (Lipinski definition) is 6. The molecule has 0 saturated heterocycles. The van der Waals surface area contributed by atoms with Crippen molar-refractivity contribution in [1.29, 1.82) is 0 Å². The largest absolute Gasteiger partial charge is 0.468 e. The molecule has 27 heavy (non-hydrogen) atoms. The van der Waals surface area contributed by atoms with Crippen molar-refractivity contribution in [2.75, 3.05) is 18.6 Å². The molecule has 1 aliphatic rings. The van der Waals surface area contributed by atoms with Crippen molar-refractivity contribution < 1.29 is 9.53 Å². The maximum absolute atomic E-state index is 12.9. The Morgan fingerprint density at radius 2 is 1.89 bits per heavy atom. The van der Waals surface area contributed by atoms with Gasteiger partial charge in [-0.15, -0.1) is 0 Å². The van der Waals surface area contributed by atoms with Gasteiger partial charge in [0.05, 0.1) is 7.11 Å². The van der Waals surface area contributed by atoms with Crippen molar-refractivity contribution >= 4 is 28.8 Å². The SMILES string of the molecule is COC(=O)Cn1c(=O)c2c(nc3n2CCN3c2ccc(C)cc2)n(C)c1=O. The van der Waals surface area contributed by atoms with Crippen LogP contribution in [-0.4, -0.2) is 38.3 Å². The summed E-state index contributed by atoms with van der Waals surface area (Å²) >= 11 is 0. The molecule has 0 saturated carbocycles. The van der Waals surface area contributed by atoms with Crippen LogP contribution in [0.5, 0.6) is 0 Å².